The van der Waals surface area contributed by atoms with Gasteiger partial charge in [0.1, 0.15) is 129 Å². The molecule has 0 unspecified atom stereocenters. The molecule has 0 N–H and O–H groups in total. The quantitative estimate of drug-likeness (QED) is 0.0620. The van der Waals surface area contributed by atoms with Crippen LogP contribution in [0.25, 0.3) is 93.2 Å². The zero-order valence-corrected chi connectivity index (χ0v) is 49.3. The molecule has 0 aliphatic heterocycles. The second-order valence-electron chi connectivity index (χ2n) is 22.8. The molecule has 360 valence electrons. The summed E-state index contributed by atoms with van der Waals surface area (Å²) in [4.78, 5) is 2.57. The van der Waals surface area contributed by atoms with E-state index in [0.29, 0.717) is 6.54 Å². The van der Waals surface area contributed by atoms with E-state index in [2.05, 4.69) is 270 Å². The van der Waals surface area contributed by atoms with Crippen molar-refractivity contribution in [3.63, 3.8) is 0 Å². The molecule has 11 rings (SSSR count). The zero-order valence-electron chi connectivity index (χ0n) is 49.3. The lowest BCUT2D eigenvalue weighted by atomic mass is 9.55. The van der Waals surface area contributed by atoms with Crippen LogP contribution in [-0.2, 0) is 0 Å². The third kappa shape index (κ3) is 8.61. The number of furan rings is 1. The summed E-state index contributed by atoms with van der Waals surface area (Å²) in [5.74, 6) is 3.15. The van der Waals surface area contributed by atoms with Gasteiger partial charge in [-0.25, -0.2) is 0 Å². The van der Waals surface area contributed by atoms with Crippen LogP contribution in [0.15, 0.2) is 154 Å². The maximum Gasteiger partial charge on any atom is 0.151 e. The third-order valence-corrected chi connectivity index (χ3v) is 18.9. The molecule has 0 radical (unpaired) electrons. The van der Waals surface area contributed by atoms with Crippen LogP contribution >= 0.6 is 0 Å². The number of terminal acetylenes is 1. The topological polar surface area (TPSA) is 16.4 Å². The van der Waals surface area contributed by atoms with E-state index < -0.39 is 0 Å². The third-order valence-electron chi connectivity index (χ3n) is 18.9. The van der Waals surface area contributed by atoms with Gasteiger partial charge in [0, 0.05) is 34.1 Å². The first kappa shape index (κ1) is 53.7. The highest BCUT2D eigenvalue weighted by Gasteiger charge is 2.27. The van der Waals surface area contributed by atoms with E-state index >= 15 is 0 Å². The highest BCUT2D eigenvalue weighted by Crippen LogP contribution is 2.41. The van der Waals surface area contributed by atoms with Crippen molar-refractivity contribution in [3.05, 3.63) is 155 Å². The molecule has 0 fully saturated rings. The molecule has 0 aliphatic rings. The molecule has 10 aromatic carbocycles. The fourth-order valence-corrected chi connectivity index (χ4v) is 13.5. The molecule has 1 aromatic heterocycles. The van der Waals surface area contributed by atoms with Gasteiger partial charge in [0.05, 0.1) is 0 Å². The molecular formula is C61H57B16NO. The van der Waals surface area contributed by atoms with E-state index in [9.17, 15) is 0 Å². The molecule has 0 bridgehead atoms. The van der Waals surface area contributed by atoms with Gasteiger partial charge < -0.3 is 9.32 Å². The lowest BCUT2D eigenvalue weighted by Crippen LogP contribution is -2.57. The molecule has 0 saturated carbocycles. The van der Waals surface area contributed by atoms with Gasteiger partial charge in [-0.1, -0.05) is 175 Å². The van der Waals surface area contributed by atoms with Crippen molar-refractivity contribution < 1.29 is 4.42 Å². The first-order valence-electron chi connectivity index (χ1n) is 28.1. The first-order valence-corrected chi connectivity index (χ1v) is 28.1. The number of benzene rings is 10. The first-order chi connectivity index (χ1) is 37.9. The van der Waals surface area contributed by atoms with Crippen molar-refractivity contribution in [1.82, 2.24) is 0 Å². The van der Waals surface area contributed by atoms with E-state index in [1.807, 2.05) is 0 Å². The van der Waals surface area contributed by atoms with Crippen LogP contribution in [-0.4, -0.2) is 132 Å². The molecule has 18 heteroatoms. The number of hydrogen-bond acceptors (Lipinski definition) is 2. The summed E-state index contributed by atoms with van der Waals surface area (Å²) < 4.78 is 6.67. The summed E-state index contributed by atoms with van der Waals surface area (Å²) in [6, 6.07) is 48.8. The number of fused-ring (bicyclic) bond motifs is 8. The van der Waals surface area contributed by atoms with Crippen molar-refractivity contribution in [1.29, 1.82) is 0 Å². The molecule has 0 amide bonds. The molecular weight excluding hydrogens is 936 g/mol. The van der Waals surface area contributed by atoms with Crippen molar-refractivity contribution in [3.8, 4) is 45.7 Å². The maximum atomic E-state index is 6.67. The predicted molar refractivity (Wildman–Crippen MR) is 397 cm³/mol. The summed E-state index contributed by atoms with van der Waals surface area (Å²) in [6.45, 7) is 0.648. The second-order valence-corrected chi connectivity index (χ2v) is 22.8. The normalized spacial score (nSPS) is 12.3. The van der Waals surface area contributed by atoms with Gasteiger partial charge in [-0.15, -0.1) is 22.8 Å². The Labute approximate surface area is 481 Å². The van der Waals surface area contributed by atoms with E-state index in [-0.39, 0.29) is 0 Å². The van der Waals surface area contributed by atoms with Crippen LogP contribution in [0.5, 0.6) is 0 Å². The minimum Gasteiger partial charge on any atom is -0.455 e. The summed E-state index contributed by atoms with van der Waals surface area (Å²) in [7, 11) is 36.8. The number of anilines is 2. The van der Waals surface area contributed by atoms with Gasteiger partial charge in [-0.3, -0.25) is 0 Å². The Morgan fingerprint density at radius 1 is 0.443 bits per heavy atom. The molecule has 0 saturated heterocycles. The summed E-state index contributed by atoms with van der Waals surface area (Å²) in [6.07, 6.45) is 6.51. The van der Waals surface area contributed by atoms with Crippen molar-refractivity contribution in [2.75, 3.05) is 11.4 Å². The van der Waals surface area contributed by atoms with E-state index in [4.69, 9.17) is 10.8 Å². The van der Waals surface area contributed by atoms with Crippen LogP contribution in [0, 0.1) is 12.3 Å². The van der Waals surface area contributed by atoms with E-state index in [0.717, 1.165) is 55.2 Å². The van der Waals surface area contributed by atoms with E-state index in [1.54, 1.807) is 0 Å². The highest BCUT2D eigenvalue weighted by molar-refractivity contribution is 6.71. The zero-order chi connectivity index (χ0) is 56.0. The monoisotopic (exact) mass is 996 g/mol. The highest BCUT2D eigenvalue weighted by atomic mass is 16.3. The minimum absolute atomic E-state index is 0.648. The lowest BCUT2D eigenvalue weighted by Gasteiger charge is -2.34. The minimum atomic E-state index is 0.648. The Hall–Kier alpha value is -7.34. The molecule has 11 aromatic rings. The number of rotatable bonds is 9. The molecule has 1 heterocycles. The summed E-state index contributed by atoms with van der Waals surface area (Å²) >= 11 is 0. The smallest absolute Gasteiger partial charge is 0.151 e. The summed E-state index contributed by atoms with van der Waals surface area (Å²) in [5.41, 5.74) is 34.7. The van der Waals surface area contributed by atoms with Gasteiger partial charge in [-0.2, -0.15) is 0 Å². The van der Waals surface area contributed by atoms with Crippen LogP contribution in [0.4, 0.5) is 11.4 Å². The van der Waals surface area contributed by atoms with Gasteiger partial charge in [-0.05, 0) is 107 Å². The van der Waals surface area contributed by atoms with Crippen molar-refractivity contribution in [2.45, 2.75) is 0 Å². The summed E-state index contributed by atoms with van der Waals surface area (Å²) in [5, 5.41) is 9.65. The fourth-order valence-electron chi connectivity index (χ4n) is 13.5. The standard InChI is InChI=1S/C61H57B16NO/c1-2-37(62)42(43-49(67)51(69)44(52(70)50(43)68)45-53(71)55(73)57(75)56(74)54(45)72)46(64)38(63)25-78(29-21-18-27(19-22-29)31-16-9-17-39-40(31)35-23-20-26-10-3-6-13-32(26)61(35)79-39)60-58(76)47(65)41(48(66)59(60)77)36-24-28-11-4-5-12-30(28)33-14-7-8-15-34(33)36/h1,3-24H,25,62-77H2/b42-37+,46-38-. The number of nitrogens with zero attached hydrogens (tertiary/aromatic N) is 1. The second kappa shape index (κ2) is 20.7. The van der Waals surface area contributed by atoms with Crippen LogP contribution in [0.1, 0.15) is 5.56 Å². The number of allylic oxidation sites excluding steroid dienone is 3. The average molecular weight is 993 g/mol. The largest absolute Gasteiger partial charge is 0.455 e. The van der Waals surface area contributed by atoms with Crippen LogP contribution < -0.4 is 75.9 Å². The lowest BCUT2D eigenvalue weighted by molar-refractivity contribution is 0.673. The molecule has 0 spiro atoms. The van der Waals surface area contributed by atoms with Gasteiger partial charge >= 0.3 is 0 Å². The van der Waals surface area contributed by atoms with Crippen molar-refractivity contribution in [2.24, 2.45) is 0 Å². The maximum absolute atomic E-state index is 6.67. The molecule has 0 aliphatic carbocycles. The molecule has 0 atom stereocenters. The SMILES string of the molecule is B/C(CN(c1ccc(-c2cccc3oc4c5ccccc5ccc4c23)cc1)c1c(B)c(B)c(-c2cc3ccccc3c3ccccc23)c(B)c1B)=C(B)/C(=C(/B)C#C)c1c(B)c(B)c(-c2c(B)c(B)c(B)c(B)c2B)c(B)c1B. The van der Waals surface area contributed by atoms with E-state index in [1.165, 1.54) is 142 Å². The van der Waals surface area contributed by atoms with Gasteiger partial charge in [0.15, 0.2) is 7.85 Å². The molecule has 79 heavy (non-hydrogen) atoms. The fraction of sp³-hybridized carbons (Fsp3) is 0.0164. The Balaban J connectivity index is 1.09. The Morgan fingerprint density at radius 3 is 1.57 bits per heavy atom. The van der Waals surface area contributed by atoms with Crippen LogP contribution in [0.2, 0.25) is 0 Å². The van der Waals surface area contributed by atoms with Crippen molar-refractivity contribution >= 4 is 268 Å². The predicted octanol–water partition coefficient (Wildman–Crippen LogP) is -9.30. The Morgan fingerprint density at radius 2 is 0.962 bits per heavy atom. The average Bonchev–Trinajstić information content (AvgIpc) is 3.91. The van der Waals surface area contributed by atoms with Crippen LogP contribution in [0.3, 0.4) is 0 Å². The van der Waals surface area contributed by atoms with Gasteiger partial charge in [0.2, 0.25) is 0 Å². The Kier molecular flexibility index (Phi) is 14.1. The number of hydrogen-bond donors (Lipinski definition) is 0. The Bertz CT molecular complexity index is 4470. The molecule has 2 nitrogen and oxygen atoms in total. The van der Waals surface area contributed by atoms with Gasteiger partial charge in [0.25, 0.3) is 0 Å².